The van der Waals surface area contributed by atoms with Gasteiger partial charge in [0.05, 0.1) is 0 Å². The Hall–Kier alpha value is -1.39. The number of rotatable bonds is 4. The Balaban J connectivity index is 2.10. The number of carboxylic acid groups (broad SMARTS) is 1. The minimum Gasteiger partial charge on any atom is -0.475 e. The Bertz CT molecular complexity index is 495. The summed E-state index contributed by atoms with van der Waals surface area (Å²) in [5.41, 5.74) is 1.06. The molecule has 4 nitrogen and oxygen atoms in total. The van der Waals surface area contributed by atoms with E-state index in [1.165, 1.54) is 31.4 Å². The fourth-order valence-electron chi connectivity index (χ4n) is 2.30. The molecule has 1 aromatic carbocycles. The lowest BCUT2D eigenvalue weighted by molar-refractivity contribution is -0.131. The molecule has 0 amide bonds. The first-order valence-corrected chi connectivity index (χ1v) is 6.74. The molecule has 0 radical (unpaired) electrons. The second kappa shape index (κ2) is 6.17. The molecule has 1 fully saturated rings. The Morgan fingerprint density at radius 2 is 1.89 bits per heavy atom. The van der Waals surface area contributed by atoms with Gasteiger partial charge in [0.15, 0.2) is 0 Å². The van der Waals surface area contributed by atoms with Gasteiger partial charge >= 0.3 is 5.97 Å². The summed E-state index contributed by atoms with van der Waals surface area (Å²) in [5, 5.41) is 9.11. The summed E-state index contributed by atoms with van der Waals surface area (Å²) >= 11 is 6.13. The van der Waals surface area contributed by atoms with Gasteiger partial charge in [-0.25, -0.2) is 4.79 Å². The molecule has 2 rings (SSSR count). The van der Waals surface area contributed by atoms with Crippen LogP contribution in [0.5, 0.6) is 0 Å². The third kappa shape index (κ3) is 3.55. The monoisotopic (exact) mass is 281 g/mol. The number of benzene rings is 1. The van der Waals surface area contributed by atoms with Gasteiger partial charge in [0.2, 0.25) is 0 Å². The number of hydrogen-bond acceptors (Lipinski definition) is 3. The van der Waals surface area contributed by atoms with E-state index >= 15 is 0 Å². The van der Waals surface area contributed by atoms with Crippen LogP contribution in [0.15, 0.2) is 18.2 Å². The van der Waals surface area contributed by atoms with Crippen LogP contribution >= 0.6 is 11.6 Å². The predicted octanol–water partition coefficient (Wildman–Crippen LogP) is 2.59. The maximum absolute atomic E-state index is 11.3. The van der Waals surface area contributed by atoms with E-state index in [0.29, 0.717) is 5.02 Å². The average Bonchev–Trinajstić information content (AvgIpc) is 2.41. The molecular weight excluding hydrogens is 266 g/mol. The third-order valence-corrected chi connectivity index (χ3v) is 3.70. The van der Waals surface area contributed by atoms with Gasteiger partial charge in [-0.05, 0) is 37.6 Å². The summed E-state index contributed by atoms with van der Waals surface area (Å²) in [7, 11) is 0. The molecular formula is C14H16ClNO3. The summed E-state index contributed by atoms with van der Waals surface area (Å²) in [6, 6.07) is 4.71. The number of piperidine rings is 1. The molecule has 0 aliphatic carbocycles. The first kappa shape index (κ1) is 14.0. The van der Waals surface area contributed by atoms with Crippen molar-refractivity contribution in [3.8, 4) is 0 Å². The zero-order valence-corrected chi connectivity index (χ0v) is 11.3. The maximum atomic E-state index is 11.3. The molecule has 1 aromatic rings. The van der Waals surface area contributed by atoms with E-state index in [-0.39, 0.29) is 5.56 Å². The highest BCUT2D eigenvalue weighted by molar-refractivity contribution is 6.40. The molecule has 5 heteroatoms. The molecule has 1 heterocycles. The van der Waals surface area contributed by atoms with Crippen molar-refractivity contribution in [3.05, 3.63) is 34.3 Å². The zero-order chi connectivity index (χ0) is 13.8. The van der Waals surface area contributed by atoms with Crippen LogP contribution in [0.4, 0.5) is 0 Å². The average molecular weight is 282 g/mol. The topological polar surface area (TPSA) is 57.6 Å². The summed E-state index contributed by atoms with van der Waals surface area (Å²) in [6.45, 7) is 2.87. The zero-order valence-electron chi connectivity index (χ0n) is 10.6. The molecule has 0 aromatic heterocycles. The van der Waals surface area contributed by atoms with E-state index in [1.807, 2.05) is 0 Å². The van der Waals surface area contributed by atoms with Crippen LogP contribution in [0.25, 0.3) is 0 Å². The molecule has 19 heavy (non-hydrogen) atoms. The van der Waals surface area contributed by atoms with Crippen molar-refractivity contribution in [1.82, 2.24) is 4.90 Å². The fourth-order valence-corrected chi connectivity index (χ4v) is 2.54. The lowest BCUT2D eigenvalue weighted by Gasteiger charge is -2.26. The standard InChI is InChI=1S/C14H16ClNO3/c15-12-8-10(13(17)14(18)19)4-5-11(12)9-16-6-2-1-3-7-16/h4-5,8H,1-3,6-7,9H2,(H,18,19). The van der Waals surface area contributed by atoms with Crippen LogP contribution < -0.4 is 0 Å². The van der Waals surface area contributed by atoms with Crippen molar-refractivity contribution in [1.29, 1.82) is 0 Å². The van der Waals surface area contributed by atoms with Crippen molar-refractivity contribution in [2.45, 2.75) is 25.8 Å². The van der Waals surface area contributed by atoms with E-state index in [4.69, 9.17) is 16.7 Å². The highest BCUT2D eigenvalue weighted by Crippen LogP contribution is 2.21. The van der Waals surface area contributed by atoms with Gasteiger partial charge < -0.3 is 5.11 Å². The van der Waals surface area contributed by atoms with Crippen LogP contribution in [-0.4, -0.2) is 34.8 Å². The van der Waals surface area contributed by atoms with Crippen molar-refractivity contribution < 1.29 is 14.7 Å². The Morgan fingerprint density at radius 3 is 2.47 bits per heavy atom. The van der Waals surface area contributed by atoms with Crippen molar-refractivity contribution in [2.75, 3.05) is 13.1 Å². The minimum absolute atomic E-state index is 0.125. The number of aliphatic carboxylic acids is 1. The summed E-state index contributed by atoms with van der Waals surface area (Å²) in [5.74, 6) is -2.38. The first-order valence-electron chi connectivity index (χ1n) is 6.36. The predicted molar refractivity (Wildman–Crippen MR) is 72.5 cm³/mol. The number of halogens is 1. The number of hydrogen-bond donors (Lipinski definition) is 1. The summed E-state index contributed by atoms with van der Waals surface area (Å²) in [6.07, 6.45) is 3.68. The summed E-state index contributed by atoms with van der Waals surface area (Å²) < 4.78 is 0. The van der Waals surface area contributed by atoms with Gasteiger partial charge in [-0.15, -0.1) is 0 Å². The number of nitrogens with zero attached hydrogens (tertiary/aromatic N) is 1. The lowest BCUT2D eigenvalue weighted by Crippen LogP contribution is -2.29. The normalized spacial score (nSPS) is 16.3. The fraction of sp³-hybridized carbons (Fsp3) is 0.429. The van der Waals surface area contributed by atoms with Crippen LogP contribution in [0.3, 0.4) is 0 Å². The second-order valence-electron chi connectivity index (χ2n) is 4.78. The van der Waals surface area contributed by atoms with Crippen molar-refractivity contribution in [3.63, 3.8) is 0 Å². The number of carbonyl (C=O) groups is 2. The van der Waals surface area contributed by atoms with E-state index in [0.717, 1.165) is 25.2 Å². The van der Waals surface area contributed by atoms with Crippen LogP contribution in [0, 0.1) is 0 Å². The van der Waals surface area contributed by atoms with Gasteiger partial charge in [-0.1, -0.05) is 30.2 Å². The largest absolute Gasteiger partial charge is 0.475 e. The molecule has 0 unspecified atom stereocenters. The van der Waals surface area contributed by atoms with E-state index in [9.17, 15) is 9.59 Å². The molecule has 1 aliphatic heterocycles. The SMILES string of the molecule is O=C(O)C(=O)c1ccc(CN2CCCCC2)c(Cl)c1. The van der Waals surface area contributed by atoms with Crippen molar-refractivity contribution in [2.24, 2.45) is 0 Å². The molecule has 0 spiro atoms. The number of Topliss-reactive ketones (excluding diaryl/α,β-unsaturated/α-hetero) is 1. The minimum atomic E-state index is -1.46. The molecule has 0 atom stereocenters. The number of likely N-dealkylation sites (tertiary alicyclic amines) is 1. The van der Waals surface area contributed by atoms with Crippen LogP contribution in [0.2, 0.25) is 5.02 Å². The Kier molecular flexibility index (Phi) is 4.56. The first-order chi connectivity index (χ1) is 9.08. The number of carboxylic acids is 1. The smallest absolute Gasteiger partial charge is 0.377 e. The summed E-state index contributed by atoms with van der Waals surface area (Å²) in [4.78, 5) is 24.3. The molecule has 0 bridgehead atoms. The lowest BCUT2D eigenvalue weighted by atomic mass is 10.1. The molecule has 1 aliphatic rings. The van der Waals surface area contributed by atoms with Gasteiger partial charge in [-0.3, -0.25) is 9.69 Å². The highest BCUT2D eigenvalue weighted by atomic mass is 35.5. The Morgan fingerprint density at radius 1 is 1.21 bits per heavy atom. The quantitative estimate of drug-likeness (QED) is 0.681. The molecule has 0 saturated carbocycles. The molecule has 1 saturated heterocycles. The van der Waals surface area contributed by atoms with Gasteiger partial charge in [0.1, 0.15) is 0 Å². The van der Waals surface area contributed by atoms with Crippen LogP contribution in [-0.2, 0) is 11.3 Å². The van der Waals surface area contributed by atoms with Gasteiger partial charge in [0.25, 0.3) is 5.78 Å². The highest BCUT2D eigenvalue weighted by Gasteiger charge is 2.17. The Labute approximate surface area is 117 Å². The molecule has 1 N–H and O–H groups in total. The van der Waals surface area contributed by atoms with Gasteiger partial charge in [-0.2, -0.15) is 0 Å². The van der Waals surface area contributed by atoms with Gasteiger partial charge in [0, 0.05) is 17.1 Å². The van der Waals surface area contributed by atoms with E-state index in [2.05, 4.69) is 4.90 Å². The number of carbonyl (C=O) groups excluding carboxylic acids is 1. The van der Waals surface area contributed by atoms with Crippen LogP contribution in [0.1, 0.15) is 35.2 Å². The maximum Gasteiger partial charge on any atom is 0.377 e. The third-order valence-electron chi connectivity index (χ3n) is 3.35. The second-order valence-corrected chi connectivity index (χ2v) is 5.18. The van der Waals surface area contributed by atoms with E-state index < -0.39 is 11.8 Å². The number of ketones is 1. The van der Waals surface area contributed by atoms with E-state index in [1.54, 1.807) is 6.07 Å². The molecule has 102 valence electrons. The van der Waals surface area contributed by atoms with Crippen molar-refractivity contribution >= 4 is 23.4 Å².